The van der Waals surface area contributed by atoms with E-state index in [0.29, 0.717) is 0 Å². The average molecular weight is 175 g/mol. The van der Waals surface area contributed by atoms with Crippen LogP contribution in [0.25, 0.3) is 0 Å². The van der Waals surface area contributed by atoms with Crippen LogP contribution in [0.5, 0.6) is 0 Å². The SMILES string of the molecule is Cc1ccc(C(C)(C)C)cc1.[H-].[H-].[Mg+2]. The minimum absolute atomic E-state index is 0. The number of hydrogen-bond donors (Lipinski definition) is 0. The van der Waals surface area contributed by atoms with E-state index >= 15 is 0 Å². The summed E-state index contributed by atoms with van der Waals surface area (Å²) in [5.41, 5.74) is 3.02. The van der Waals surface area contributed by atoms with E-state index in [1.165, 1.54) is 11.1 Å². The molecule has 1 aromatic rings. The molecule has 0 atom stereocenters. The zero-order valence-corrected chi connectivity index (χ0v) is 9.93. The van der Waals surface area contributed by atoms with Crippen LogP contribution in [0.1, 0.15) is 34.8 Å². The van der Waals surface area contributed by atoms with Crippen molar-refractivity contribution in [1.82, 2.24) is 0 Å². The molecular weight excluding hydrogens is 156 g/mol. The fourth-order valence-electron chi connectivity index (χ4n) is 1.05. The number of benzene rings is 1. The summed E-state index contributed by atoms with van der Waals surface area (Å²) in [5.74, 6) is 0. The Bertz CT molecular complexity index is 236. The zero-order chi connectivity index (χ0) is 8.48. The molecule has 0 saturated heterocycles. The Morgan fingerprint density at radius 1 is 1.00 bits per heavy atom. The summed E-state index contributed by atoms with van der Waals surface area (Å²) >= 11 is 0. The van der Waals surface area contributed by atoms with E-state index in [4.69, 9.17) is 0 Å². The van der Waals surface area contributed by atoms with Gasteiger partial charge in [-0.2, -0.15) is 0 Å². The van der Waals surface area contributed by atoms with Crippen molar-refractivity contribution in [2.75, 3.05) is 0 Å². The van der Waals surface area contributed by atoms with Gasteiger partial charge in [0.15, 0.2) is 0 Å². The van der Waals surface area contributed by atoms with Gasteiger partial charge in [-0.05, 0) is 17.9 Å². The van der Waals surface area contributed by atoms with E-state index < -0.39 is 0 Å². The third kappa shape index (κ3) is 3.16. The van der Waals surface area contributed by atoms with Gasteiger partial charge < -0.3 is 2.85 Å². The van der Waals surface area contributed by atoms with E-state index in [-0.39, 0.29) is 31.3 Å². The Kier molecular flexibility index (Phi) is 4.28. The quantitative estimate of drug-likeness (QED) is 0.530. The van der Waals surface area contributed by atoms with Crippen LogP contribution in [0.2, 0.25) is 0 Å². The van der Waals surface area contributed by atoms with E-state index in [1.807, 2.05) is 0 Å². The second-order valence-corrected chi connectivity index (χ2v) is 4.12. The Morgan fingerprint density at radius 3 is 1.75 bits per heavy atom. The predicted octanol–water partition coefficient (Wildman–Crippen LogP) is 3.14. The fraction of sp³-hybridized carbons (Fsp3) is 0.455. The van der Waals surface area contributed by atoms with Gasteiger partial charge in [-0.1, -0.05) is 50.6 Å². The van der Waals surface area contributed by atoms with E-state index in [1.54, 1.807) is 0 Å². The third-order valence-electron chi connectivity index (χ3n) is 1.92. The van der Waals surface area contributed by atoms with Crippen molar-refractivity contribution in [2.24, 2.45) is 0 Å². The molecule has 1 rings (SSSR count). The number of rotatable bonds is 0. The Balaban J connectivity index is -0.000000403. The molecule has 0 aliphatic rings. The summed E-state index contributed by atoms with van der Waals surface area (Å²) in [7, 11) is 0. The van der Waals surface area contributed by atoms with Crippen molar-refractivity contribution < 1.29 is 2.85 Å². The van der Waals surface area contributed by atoms with Crippen molar-refractivity contribution in [2.45, 2.75) is 33.1 Å². The second-order valence-electron chi connectivity index (χ2n) is 4.12. The summed E-state index contributed by atoms with van der Waals surface area (Å²) in [4.78, 5) is 0. The van der Waals surface area contributed by atoms with Crippen molar-refractivity contribution >= 4 is 23.1 Å². The van der Waals surface area contributed by atoms with E-state index in [0.717, 1.165) is 0 Å². The molecule has 1 heteroatoms. The zero-order valence-electron chi connectivity index (χ0n) is 10.5. The maximum Gasteiger partial charge on any atom is 2.00 e. The molecule has 12 heavy (non-hydrogen) atoms. The minimum atomic E-state index is 0. The summed E-state index contributed by atoms with van der Waals surface area (Å²) in [6.45, 7) is 8.82. The van der Waals surface area contributed by atoms with Crippen LogP contribution in [-0.4, -0.2) is 23.1 Å². The van der Waals surface area contributed by atoms with Gasteiger partial charge in [0.2, 0.25) is 0 Å². The van der Waals surface area contributed by atoms with Crippen LogP contribution in [0.4, 0.5) is 0 Å². The van der Waals surface area contributed by atoms with Crippen LogP contribution in [0, 0.1) is 6.92 Å². The molecule has 64 valence electrons. The molecule has 0 heterocycles. The molecule has 1 aromatic carbocycles. The van der Waals surface area contributed by atoms with Crippen molar-refractivity contribution in [3.05, 3.63) is 35.4 Å². The molecule has 0 aromatic heterocycles. The monoisotopic (exact) mass is 174 g/mol. The number of hydrogen-bond acceptors (Lipinski definition) is 0. The Labute approximate surface area is 94.5 Å². The van der Waals surface area contributed by atoms with Gasteiger partial charge in [-0.3, -0.25) is 0 Å². The van der Waals surface area contributed by atoms with Crippen molar-refractivity contribution in [3.8, 4) is 0 Å². The predicted molar refractivity (Wildman–Crippen MR) is 57.9 cm³/mol. The molecule has 0 unspecified atom stereocenters. The van der Waals surface area contributed by atoms with Gasteiger partial charge in [-0.15, -0.1) is 0 Å². The molecule has 0 aliphatic heterocycles. The third-order valence-corrected chi connectivity index (χ3v) is 1.92. The van der Waals surface area contributed by atoms with Gasteiger partial charge in [-0.25, -0.2) is 0 Å². The number of aryl methyl sites for hydroxylation is 1. The maximum absolute atomic E-state index is 2.23. The molecule has 0 spiro atoms. The smallest absolute Gasteiger partial charge is 1.00 e. The van der Waals surface area contributed by atoms with Gasteiger partial charge in [0.1, 0.15) is 0 Å². The summed E-state index contributed by atoms with van der Waals surface area (Å²) < 4.78 is 0. The molecule has 0 aliphatic carbocycles. The molecule has 0 fully saturated rings. The fourth-order valence-corrected chi connectivity index (χ4v) is 1.05. The molecule has 0 bridgehead atoms. The molecule has 0 nitrogen and oxygen atoms in total. The molecular formula is C11H18Mg. The summed E-state index contributed by atoms with van der Waals surface area (Å²) in [6.07, 6.45) is 0. The Morgan fingerprint density at radius 2 is 1.42 bits per heavy atom. The van der Waals surface area contributed by atoms with Gasteiger partial charge in [0.25, 0.3) is 0 Å². The first-order valence-corrected chi connectivity index (χ1v) is 4.07. The standard InChI is InChI=1S/C11H16.Mg.2H/c1-9-5-7-10(8-6-9)11(2,3)4;;;/h5-8H,1-4H3;;;/q;+2;2*-1. The van der Waals surface area contributed by atoms with Crippen LogP contribution in [0.3, 0.4) is 0 Å². The van der Waals surface area contributed by atoms with E-state index in [9.17, 15) is 0 Å². The first-order valence-electron chi connectivity index (χ1n) is 4.07. The van der Waals surface area contributed by atoms with Crippen LogP contribution >= 0.6 is 0 Å². The van der Waals surface area contributed by atoms with Crippen molar-refractivity contribution in [1.29, 1.82) is 0 Å². The molecule has 0 saturated carbocycles. The van der Waals surface area contributed by atoms with Gasteiger partial charge >= 0.3 is 23.1 Å². The van der Waals surface area contributed by atoms with Crippen LogP contribution in [-0.2, 0) is 5.41 Å². The van der Waals surface area contributed by atoms with Gasteiger partial charge in [0.05, 0.1) is 0 Å². The normalized spacial score (nSPS) is 10.7. The topological polar surface area (TPSA) is 0 Å². The molecule has 0 radical (unpaired) electrons. The summed E-state index contributed by atoms with van der Waals surface area (Å²) in [6, 6.07) is 8.74. The van der Waals surface area contributed by atoms with Gasteiger partial charge in [0, 0.05) is 0 Å². The van der Waals surface area contributed by atoms with Crippen molar-refractivity contribution in [3.63, 3.8) is 0 Å². The maximum atomic E-state index is 2.23. The van der Waals surface area contributed by atoms with E-state index in [2.05, 4.69) is 52.0 Å². The second kappa shape index (κ2) is 4.29. The first kappa shape index (κ1) is 12.0. The summed E-state index contributed by atoms with van der Waals surface area (Å²) in [5, 5.41) is 0. The molecule has 0 N–H and O–H groups in total. The Hall–Kier alpha value is -0.0138. The average Bonchev–Trinajstić information content (AvgIpc) is 1.86. The van der Waals surface area contributed by atoms with Crippen LogP contribution < -0.4 is 0 Å². The largest absolute Gasteiger partial charge is 2.00 e. The minimum Gasteiger partial charge on any atom is -1.00 e. The molecule has 0 amide bonds. The first-order chi connectivity index (χ1) is 5.00. The van der Waals surface area contributed by atoms with Crippen LogP contribution in [0.15, 0.2) is 24.3 Å².